The van der Waals surface area contributed by atoms with Crippen molar-refractivity contribution in [2.24, 2.45) is 0 Å². The minimum absolute atomic E-state index is 0.0641. The summed E-state index contributed by atoms with van der Waals surface area (Å²) in [6.45, 7) is 1.42. The quantitative estimate of drug-likeness (QED) is 0.818. The molecular weight excluding hydrogens is 286 g/mol. The number of aliphatic hydroxyl groups excluding tert-OH is 1. The van der Waals surface area contributed by atoms with Crippen LogP contribution in [0.25, 0.3) is 0 Å². The van der Waals surface area contributed by atoms with E-state index in [-0.39, 0.29) is 18.9 Å². The van der Waals surface area contributed by atoms with Gasteiger partial charge in [-0.15, -0.1) is 11.3 Å². The Morgan fingerprint density at radius 2 is 2.14 bits per heavy atom. The lowest BCUT2D eigenvalue weighted by molar-refractivity contribution is -0.115. The van der Waals surface area contributed by atoms with E-state index in [9.17, 15) is 4.79 Å². The number of para-hydroxylation sites is 1. The smallest absolute Gasteiger partial charge is 0.231 e. The number of hydrogen-bond donors (Lipinski definition) is 2. The summed E-state index contributed by atoms with van der Waals surface area (Å²) in [5.41, 5.74) is 1.72. The molecule has 1 heterocycles. The van der Waals surface area contributed by atoms with Crippen LogP contribution in [0.3, 0.4) is 0 Å². The molecule has 0 saturated carbocycles. The summed E-state index contributed by atoms with van der Waals surface area (Å²) in [6, 6.07) is 9.39. The number of carbonyl (C=O) groups is 1. The molecule has 1 aromatic carbocycles. The highest BCUT2D eigenvalue weighted by Crippen LogP contribution is 2.13. The number of amides is 1. The van der Waals surface area contributed by atoms with Gasteiger partial charge in [0.15, 0.2) is 0 Å². The lowest BCUT2D eigenvalue weighted by Gasteiger charge is -2.12. The Morgan fingerprint density at radius 1 is 1.38 bits per heavy atom. The van der Waals surface area contributed by atoms with Crippen molar-refractivity contribution in [2.75, 3.05) is 25.5 Å². The highest BCUT2D eigenvalue weighted by molar-refractivity contribution is 7.09. The van der Waals surface area contributed by atoms with Crippen molar-refractivity contribution >= 4 is 22.9 Å². The molecule has 0 spiro atoms. The van der Waals surface area contributed by atoms with E-state index in [1.807, 2.05) is 47.7 Å². The predicted molar refractivity (Wildman–Crippen MR) is 84.3 cm³/mol. The lowest BCUT2D eigenvalue weighted by Crippen LogP contribution is -2.21. The zero-order chi connectivity index (χ0) is 15.1. The second kappa shape index (κ2) is 7.87. The number of likely N-dealkylation sites (N-methyl/N-ethyl adjacent to an activating group) is 1. The first-order valence-electron chi connectivity index (χ1n) is 6.75. The van der Waals surface area contributed by atoms with E-state index in [1.165, 1.54) is 11.3 Å². The Morgan fingerprint density at radius 3 is 2.86 bits per heavy atom. The van der Waals surface area contributed by atoms with Gasteiger partial charge in [-0.25, -0.2) is 4.98 Å². The summed E-state index contributed by atoms with van der Waals surface area (Å²) in [5, 5.41) is 14.5. The number of nitrogens with one attached hydrogen (secondary N) is 1. The van der Waals surface area contributed by atoms with Gasteiger partial charge in [0.2, 0.25) is 5.91 Å². The van der Waals surface area contributed by atoms with E-state index in [0.29, 0.717) is 13.1 Å². The molecule has 2 rings (SSSR count). The highest BCUT2D eigenvalue weighted by Gasteiger charge is 2.09. The molecule has 0 unspecified atom stereocenters. The van der Waals surface area contributed by atoms with Crippen LogP contribution in [-0.2, 0) is 17.8 Å². The number of rotatable bonds is 7. The molecule has 21 heavy (non-hydrogen) atoms. The van der Waals surface area contributed by atoms with Crippen LogP contribution in [0.15, 0.2) is 35.7 Å². The summed E-state index contributed by atoms with van der Waals surface area (Å²) in [7, 11) is 1.93. The SMILES string of the molecule is CN(CCO)Cc1csc(CC(=O)Nc2ccccc2)n1. The van der Waals surface area contributed by atoms with E-state index in [1.54, 1.807) is 0 Å². The molecule has 6 heteroatoms. The second-order valence-corrected chi connectivity index (χ2v) is 5.73. The van der Waals surface area contributed by atoms with Crippen molar-refractivity contribution in [2.45, 2.75) is 13.0 Å². The average Bonchev–Trinajstić information content (AvgIpc) is 2.87. The molecule has 0 aliphatic heterocycles. The van der Waals surface area contributed by atoms with E-state index in [0.717, 1.165) is 16.4 Å². The molecule has 5 nitrogen and oxygen atoms in total. The van der Waals surface area contributed by atoms with Gasteiger partial charge in [0.1, 0.15) is 5.01 Å². The molecule has 0 aliphatic carbocycles. The molecule has 2 N–H and O–H groups in total. The Labute approximate surface area is 128 Å². The Balaban J connectivity index is 1.86. The van der Waals surface area contributed by atoms with Gasteiger partial charge in [-0.2, -0.15) is 0 Å². The summed E-state index contributed by atoms with van der Waals surface area (Å²) in [6.07, 6.45) is 0.281. The monoisotopic (exact) mass is 305 g/mol. The fourth-order valence-electron chi connectivity index (χ4n) is 1.89. The molecule has 0 saturated heterocycles. The fourth-order valence-corrected chi connectivity index (χ4v) is 2.68. The van der Waals surface area contributed by atoms with Crippen LogP contribution in [0.5, 0.6) is 0 Å². The molecule has 0 radical (unpaired) electrons. The number of aliphatic hydroxyl groups is 1. The van der Waals surface area contributed by atoms with Crippen molar-refractivity contribution in [1.82, 2.24) is 9.88 Å². The van der Waals surface area contributed by atoms with Crippen LogP contribution in [0.2, 0.25) is 0 Å². The third-order valence-electron chi connectivity index (χ3n) is 2.88. The largest absolute Gasteiger partial charge is 0.395 e. The van der Waals surface area contributed by atoms with Crippen LogP contribution < -0.4 is 5.32 Å². The van der Waals surface area contributed by atoms with Crippen LogP contribution >= 0.6 is 11.3 Å². The maximum atomic E-state index is 11.9. The van der Waals surface area contributed by atoms with Gasteiger partial charge < -0.3 is 10.4 Å². The molecule has 0 fully saturated rings. The Kier molecular flexibility index (Phi) is 5.86. The summed E-state index contributed by atoms with van der Waals surface area (Å²) >= 11 is 1.49. The molecule has 0 bridgehead atoms. The van der Waals surface area contributed by atoms with E-state index in [4.69, 9.17) is 5.11 Å². The number of hydrogen-bond acceptors (Lipinski definition) is 5. The first-order valence-corrected chi connectivity index (χ1v) is 7.63. The number of benzene rings is 1. The van der Waals surface area contributed by atoms with Crippen molar-refractivity contribution in [3.05, 3.63) is 46.4 Å². The minimum Gasteiger partial charge on any atom is -0.395 e. The molecule has 112 valence electrons. The van der Waals surface area contributed by atoms with Crippen LogP contribution in [-0.4, -0.2) is 41.1 Å². The standard InChI is InChI=1S/C15H19N3O2S/c1-18(7-8-19)10-13-11-21-15(17-13)9-14(20)16-12-5-3-2-4-6-12/h2-6,11,19H,7-10H2,1H3,(H,16,20). The molecule has 1 aromatic heterocycles. The van der Waals surface area contributed by atoms with E-state index < -0.39 is 0 Å². The van der Waals surface area contributed by atoms with Gasteiger partial charge in [-0.05, 0) is 19.2 Å². The fraction of sp³-hybridized carbons (Fsp3) is 0.333. The van der Waals surface area contributed by atoms with Crippen molar-refractivity contribution in [3.63, 3.8) is 0 Å². The molecule has 0 aliphatic rings. The van der Waals surface area contributed by atoms with Crippen molar-refractivity contribution in [1.29, 1.82) is 0 Å². The van der Waals surface area contributed by atoms with Gasteiger partial charge in [0, 0.05) is 24.2 Å². The van der Waals surface area contributed by atoms with Gasteiger partial charge in [-0.3, -0.25) is 9.69 Å². The van der Waals surface area contributed by atoms with Gasteiger partial charge >= 0.3 is 0 Å². The van der Waals surface area contributed by atoms with E-state index >= 15 is 0 Å². The van der Waals surface area contributed by atoms with Crippen LogP contribution in [0.4, 0.5) is 5.69 Å². The number of nitrogens with zero attached hydrogens (tertiary/aromatic N) is 2. The zero-order valence-corrected chi connectivity index (χ0v) is 12.8. The highest BCUT2D eigenvalue weighted by atomic mass is 32.1. The van der Waals surface area contributed by atoms with Crippen molar-refractivity contribution in [3.8, 4) is 0 Å². The second-order valence-electron chi connectivity index (χ2n) is 4.78. The van der Waals surface area contributed by atoms with Crippen LogP contribution in [0.1, 0.15) is 10.7 Å². The lowest BCUT2D eigenvalue weighted by atomic mass is 10.3. The molecule has 1 amide bonds. The Hall–Kier alpha value is -1.76. The van der Waals surface area contributed by atoms with Gasteiger partial charge in [-0.1, -0.05) is 18.2 Å². The number of thiazole rings is 1. The van der Waals surface area contributed by atoms with Gasteiger partial charge in [0.05, 0.1) is 18.7 Å². The van der Waals surface area contributed by atoms with Crippen molar-refractivity contribution < 1.29 is 9.90 Å². The van der Waals surface area contributed by atoms with E-state index in [2.05, 4.69) is 10.3 Å². The predicted octanol–water partition coefficient (Wildman–Crippen LogP) is 1.75. The number of carbonyl (C=O) groups excluding carboxylic acids is 1. The third-order valence-corrected chi connectivity index (χ3v) is 3.78. The normalized spacial score (nSPS) is 10.8. The average molecular weight is 305 g/mol. The van der Waals surface area contributed by atoms with Gasteiger partial charge in [0.25, 0.3) is 0 Å². The maximum Gasteiger partial charge on any atom is 0.231 e. The molecule has 0 atom stereocenters. The third kappa shape index (κ3) is 5.26. The number of aromatic nitrogens is 1. The first kappa shape index (κ1) is 15.6. The zero-order valence-electron chi connectivity index (χ0n) is 12.0. The topological polar surface area (TPSA) is 65.5 Å². The first-order chi connectivity index (χ1) is 10.2. The number of anilines is 1. The summed E-state index contributed by atoms with van der Waals surface area (Å²) in [5.74, 6) is -0.0641. The summed E-state index contributed by atoms with van der Waals surface area (Å²) < 4.78 is 0. The van der Waals surface area contributed by atoms with Crippen LogP contribution in [0, 0.1) is 0 Å². The molecule has 2 aromatic rings. The summed E-state index contributed by atoms with van der Waals surface area (Å²) in [4.78, 5) is 18.4. The molecular formula is C15H19N3O2S. The minimum atomic E-state index is -0.0641. The maximum absolute atomic E-state index is 11.9. The Bertz CT molecular complexity index is 571.